The summed E-state index contributed by atoms with van der Waals surface area (Å²) in [6.45, 7) is 1.33. The van der Waals surface area contributed by atoms with Crippen molar-refractivity contribution in [2.45, 2.75) is 31.2 Å². The highest BCUT2D eigenvalue weighted by Crippen LogP contribution is 2.35. The number of nitrogens with one attached hydrogen (secondary N) is 2. The average Bonchev–Trinajstić information content (AvgIpc) is 3.33. The second kappa shape index (κ2) is 11.5. The van der Waals surface area contributed by atoms with Gasteiger partial charge in [0.15, 0.2) is 0 Å². The van der Waals surface area contributed by atoms with E-state index in [0.29, 0.717) is 36.7 Å². The molecule has 0 radical (unpaired) electrons. The van der Waals surface area contributed by atoms with E-state index in [-0.39, 0.29) is 11.8 Å². The minimum atomic E-state index is -0.561. The van der Waals surface area contributed by atoms with Gasteiger partial charge in [0.25, 0.3) is 5.91 Å². The van der Waals surface area contributed by atoms with Gasteiger partial charge in [0.05, 0.1) is 19.8 Å². The van der Waals surface area contributed by atoms with Crippen molar-refractivity contribution in [3.8, 4) is 11.5 Å². The number of fused-ring (bicyclic) bond motifs is 1. The van der Waals surface area contributed by atoms with Gasteiger partial charge in [0.1, 0.15) is 17.5 Å². The number of H-pyrrole nitrogens is 1. The molecule has 1 unspecified atom stereocenters. The zero-order valence-electron chi connectivity index (χ0n) is 20.5. The van der Waals surface area contributed by atoms with Crippen LogP contribution in [0.4, 0.5) is 0 Å². The fourth-order valence-electron chi connectivity index (χ4n) is 4.78. The van der Waals surface area contributed by atoms with Gasteiger partial charge < -0.3 is 24.7 Å². The maximum Gasteiger partial charge on any atom is 0.255 e. The number of aromatic amines is 1. The van der Waals surface area contributed by atoms with E-state index in [4.69, 9.17) is 9.47 Å². The number of nitrogens with zero attached hydrogens (tertiary/aromatic N) is 1. The molecule has 1 aliphatic heterocycles. The predicted octanol–water partition coefficient (Wildman–Crippen LogP) is 4.44. The van der Waals surface area contributed by atoms with Crippen molar-refractivity contribution in [1.82, 2.24) is 15.2 Å². The molecule has 35 heavy (non-hydrogen) atoms. The Morgan fingerprint density at radius 3 is 2.63 bits per heavy atom. The summed E-state index contributed by atoms with van der Waals surface area (Å²) in [6, 6.07) is 12.6. The molecule has 2 amide bonds. The van der Waals surface area contributed by atoms with Crippen LogP contribution >= 0.6 is 11.8 Å². The Hall–Kier alpha value is -3.13. The molecule has 3 aromatic rings. The number of rotatable bonds is 9. The summed E-state index contributed by atoms with van der Waals surface area (Å²) < 4.78 is 10.7. The molecule has 4 rings (SSSR count). The normalized spacial score (nSPS) is 15.1. The first-order chi connectivity index (χ1) is 17.0. The third kappa shape index (κ3) is 5.59. The van der Waals surface area contributed by atoms with Crippen LogP contribution in [0.1, 0.15) is 41.1 Å². The minimum absolute atomic E-state index is 0.0126. The third-order valence-electron chi connectivity index (χ3n) is 6.73. The molecule has 2 N–H and O–H groups in total. The first-order valence-electron chi connectivity index (χ1n) is 11.9. The van der Waals surface area contributed by atoms with Gasteiger partial charge in [0, 0.05) is 30.2 Å². The highest BCUT2D eigenvalue weighted by Gasteiger charge is 2.31. The number of likely N-dealkylation sites (tertiary alicyclic amines) is 1. The van der Waals surface area contributed by atoms with Crippen LogP contribution in [0.2, 0.25) is 0 Å². The summed E-state index contributed by atoms with van der Waals surface area (Å²) in [6.07, 6.45) is 6.44. The number of para-hydroxylation sites is 1. The van der Waals surface area contributed by atoms with Crippen LogP contribution in [-0.4, -0.2) is 67.1 Å². The first kappa shape index (κ1) is 25.0. The lowest BCUT2D eigenvalue weighted by Gasteiger charge is -2.34. The van der Waals surface area contributed by atoms with Crippen LogP contribution in [0.3, 0.4) is 0 Å². The van der Waals surface area contributed by atoms with Gasteiger partial charge in [-0.2, -0.15) is 11.8 Å². The third-order valence-corrected chi connectivity index (χ3v) is 7.38. The molecule has 2 heterocycles. The van der Waals surface area contributed by atoms with Crippen LogP contribution in [0.15, 0.2) is 48.7 Å². The number of piperidine rings is 1. The zero-order chi connectivity index (χ0) is 24.8. The second-order valence-corrected chi connectivity index (χ2v) is 9.75. The zero-order valence-corrected chi connectivity index (χ0v) is 21.3. The summed E-state index contributed by atoms with van der Waals surface area (Å²) in [5.41, 5.74) is 2.80. The number of carbonyl (C=O) groups excluding carboxylic acids is 2. The number of ether oxygens (including phenoxy) is 2. The molecule has 1 atom stereocenters. The number of benzene rings is 2. The number of thioether (sulfide) groups is 1. The van der Waals surface area contributed by atoms with Crippen molar-refractivity contribution >= 4 is 34.5 Å². The van der Waals surface area contributed by atoms with Crippen LogP contribution < -0.4 is 14.8 Å². The summed E-state index contributed by atoms with van der Waals surface area (Å²) in [7, 11) is 3.22. The van der Waals surface area contributed by atoms with Gasteiger partial charge in [-0.15, -0.1) is 0 Å². The van der Waals surface area contributed by atoms with Crippen LogP contribution in [-0.2, 0) is 4.79 Å². The van der Waals surface area contributed by atoms with E-state index in [1.54, 1.807) is 37.1 Å². The molecule has 0 spiro atoms. The molecular formula is C27H33N3O4S. The quantitative estimate of drug-likeness (QED) is 0.459. The Bertz CT molecular complexity index is 1170. The van der Waals surface area contributed by atoms with Gasteiger partial charge >= 0.3 is 0 Å². The molecule has 0 aliphatic carbocycles. The summed E-state index contributed by atoms with van der Waals surface area (Å²) in [5, 5.41) is 4.15. The number of hydrogen-bond donors (Lipinski definition) is 2. The molecule has 1 aromatic heterocycles. The maximum atomic E-state index is 13.5. The Balaban J connectivity index is 1.43. The van der Waals surface area contributed by atoms with Gasteiger partial charge in [-0.3, -0.25) is 9.59 Å². The van der Waals surface area contributed by atoms with E-state index < -0.39 is 6.04 Å². The lowest BCUT2D eigenvalue weighted by molar-refractivity contribution is -0.134. The Labute approximate surface area is 210 Å². The van der Waals surface area contributed by atoms with Crippen LogP contribution in [0.25, 0.3) is 10.9 Å². The molecule has 1 fully saturated rings. The number of carbonyl (C=O) groups is 2. The monoisotopic (exact) mass is 495 g/mol. The fourth-order valence-corrected chi connectivity index (χ4v) is 5.25. The number of aromatic nitrogens is 1. The van der Waals surface area contributed by atoms with Gasteiger partial charge in [-0.1, -0.05) is 12.1 Å². The standard InChI is InChI=1S/C27H33N3O4S/c1-33-19-8-9-23-21(16-19)22(17-28-23)18-10-13-30(14-11-18)27(32)24(12-15-35-3)29-26(31)20-6-4-5-7-25(20)34-2/h4-9,16-18,24,28H,10-15H2,1-3H3,(H,29,31). The lowest BCUT2D eigenvalue weighted by Crippen LogP contribution is -2.50. The number of hydrogen-bond acceptors (Lipinski definition) is 5. The Morgan fingerprint density at radius 1 is 1.14 bits per heavy atom. The lowest BCUT2D eigenvalue weighted by atomic mass is 9.89. The SMILES string of the molecule is COc1ccc2[nH]cc(C3CCN(C(=O)C(CCSC)NC(=O)c4ccccc4OC)CC3)c2c1. The Kier molecular flexibility index (Phi) is 8.23. The van der Waals surface area contributed by atoms with Gasteiger partial charge in [-0.25, -0.2) is 0 Å². The molecule has 2 aromatic carbocycles. The molecule has 1 aliphatic rings. The first-order valence-corrected chi connectivity index (χ1v) is 13.3. The molecule has 0 bridgehead atoms. The van der Waals surface area contributed by atoms with Crippen molar-refractivity contribution in [3.05, 3.63) is 59.8 Å². The van der Waals surface area contributed by atoms with E-state index in [9.17, 15) is 9.59 Å². The Morgan fingerprint density at radius 2 is 1.91 bits per heavy atom. The summed E-state index contributed by atoms with van der Waals surface area (Å²) in [4.78, 5) is 31.7. The number of amides is 2. The maximum absolute atomic E-state index is 13.5. The smallest absolute Gasteiger partial charge is 0.255 e. The molecule has 186 valence electrons. The van der Waals surface area contributed by atoms with Crippen molar-refractivity contribution in [1.29, 1.82) is 0 Å². The highest BCUT2D eigenvalue weighted by molar-refractivity contribution is 7.98. The van der Waals surface area contributed by atoms with Crippen molar-refractivity contribution in [2.75, 3.05) is 39.3 Å². The summed E-state index contributed by atoms with van der Waals surface area (Å²) in [5.74, 6) is 2.19. The van der Waals surface area contributed by atoms with Crippen molar-refractivity contribution < 1.29 is 19.1 Å². The minimum Gasteiger partial charge on any atom is -0.497 e. The number of methoxy groups -OCH3 is 2. The molecule has 1 saturated heterocycles. The largest absolute Gasteiger partial charge is 0.497 e. The molecule has 0 saturated carbocycles. The highest BCUT2D eigenvalue weighted by atomic mass is 32.2. The second-order valence-electron chi connectivity index (χ2n) is 8.76. The van der Waals surface area contributed by atoms with E-state index in [1.165, 1.54) is 18.1 Å². The topological polar surface area (TPSA) is 83.7 Å². The van der Waals surface area contributed by atoms with Gasteiger partial charge in [0.2, 0.25) is 5.91 Å². The van der Waals surface area contributed by atoms with Crippen molar-refractivity contribution in [2.24, 2.45) is 0 Å². The molecular weight excluding hydrogens is 462 g/mol. The van der Waals surface area contributed by atoms with E-state index in [1.807, 2.05) is 29.4 Å². The van der Waals surface area contributed by atoms with E-state index >= 15 is 0 Å². The average molecular weight is 496 g/mol. The fraction of sp³-hybridized carbons (Fsp3) is 0.407. The van der Waals surface area contributed by atoms with Gasteiger partial charge in [-0.05, 0) is 73.1 Å². The molecule has 8 heteroatoms. The van der Waals surface area contributed by atoms with Crippen LogP contribution in [0.5, 0.6) is 11.5 Å². The molecule has 7 nitrogen and oxygen atoms in total. The van der Waals surface area contributed by atoms with Crippen LogP contribution in [0, 0.1) is 0 Å². The van der Waals surface area contributed by atoms with E-state index in [2.05, 4.69) is 22.6 Å². The van der Waals surface area contributed by atoms with E-state index in [0.717, 1.165) is 29.9 Å². The summed E-state index contributed by atoms with van der Waals surface area (Å²) >= 11 is 1.67. The van der Waals surface area contributed by atoms with Crippen molar-refractivity contribution in [3.63, 3.8) is 0 Å². The predicted molar refractivity (Wildman–Crippen MR) is 141 cm³/mol.